The van der Waals surface area contributed by atoms with Gasteiger partial charge in [0.05, 0.1) is 7.11 Å². The molecule has 1 aromatic heterocycles. The van der Waals surface area contributed by atoms with Crippen LogP contribution in [0.2, 0.25) is 0 Å². The van der Waals surface area contributed by atoms with Gasteiger partial charge in [-0.15, -0.1) is 11.3 Å². The quantitative estimate of drug-likeness (QED) is 0.771. The van der Waals surface area contributed by atoms with Crippen LogP contribution in [0.15, 0.2) is 45.1 Å². The Labute approximate surface area is 100 Å². The summed E-state index contributed by atoms with van der Waals surface area (Å²) in [6, 6.07) is 8.02. The number of methoxy groups -OCH3 is 1. The zero-order valence-corrected chi connectivity index (χ0v) is 10.5. The number of rotatable bonds is 4. The summed E-state index contributed by atoms with van der Waals surface area (Å²) in [5.74, 6) is 0.888. The summed E-state index contributed by atoms with van der Waals surface area (Å²) in [6.45, 7) is 0. The van der Waals surface area contributed by atoms with E-state index in [4.69, 9.17) is 4.74 Å². The maximum Gasteiger partial charge on any atom is 0.160 e. The monoisotopic (exact) mass is 255 g/mol. The molecule has 0 bridgehead atoms. The molecule has 0 saturated carbocycles. The van der Waals surface area contributed by atoms with Crippen LogP contribution >= 0.6 is 32.9 Å². The van der Waals surface area contributed by atoms with Gasteiger partial charge in [-0.3, -0.25) is 0 Å². The van der Waals surface area contributed by atoms with Crippen LogP contribution in [0.3, 0.4) is 0 Å². The van der Waals surface area contributed by atoms with Crippen molar-refractivity contribution in [2.75, 3.05) is 7.11 Å². The lowest BCUT2D eigenvalue weighted by molar-refractivity contribution is 0.414. The van der Waals surface area contributed by atoms with E-state index < -0.39 is 0 Å². The SMILES string of the molecule is COc1ccc(SSc2nccs2)cc1. The molecule has 0 N–H and O–H groups in total. The van der Waals surface area contributed by atoms with Crippen molar-refractivity contribution in [1.82, 2.24) is 4.98 Å². The third-order valence-electron chi connectivity index (χ3n) is 1.68. The van der Waals surface area contributed by atoms with Gasteiger partial charge in [-0.1, -0.05) is 10.8 Å². The summed E-state index contributed by atoms with van der Waals surface area (Å²) in [7, 11) is 5.06. The average molecular weight is 255 g/mol. The van der Waals surface area contributed by atoms with E-state index in [9.17, 15) is 0 Å². The van der Waals surface area contributed by atoms with Gasteiger partial charge in [0, 0.05) is 16.5 Å². The van der Waals surface area contributed by atoms with Gasteiger partial charge >= 0.3 is 0 Å². The molecule has 0 amide bonds. The topological polar surface area (TPSA) is 22.1 Å². The molecule has 1 heterocycles. The molecule has 2 rings (SSSR count). The van der Waals surface area contributed by atoms with Gasteiger partial charge < -0.3 is 4.74 Å². The summed E-state index contributed by atoms with van der Waals surface area (Å²) in [4.78, 5) is 5.41. The number of hydrogen-bond acceptors (Lipinski definition) is 5. The maximum atomic E-state index is 5.09. The minimum Gasteiger partial charge on any atom is -0.497 e. The average Bonchev–Trinajstić information content (AvgIpc) is 2.80. The van der Waals surface area contributed by atoms with Crippen molar-refractivity contribution in [3.63, 3.8) is 0 Å². The second-order valence-corrected chi connectivity index (χ2v) is 5.98. The predicted octanol–water partition coefficient (Wildman–Crippen LogP) is 3.95. The van der Waals surface area contributed by atoms with E-state index in [1.54, 1.807) is 40.0 Å². The Bertz CT molecular complexity index is 399. The van der Waals surface area contributed by atoms with E-state index >= 15 is 0 Å². The molecule has 1 aromatic carbocycles. The van der Waals surface area contributed by atoms with Crippen LogP contribution in [-0.2, 0) is 0 Å². The number of hydrogen-bond donors (Lipinski definition) is 0. The number of nitrogens with zero attached hydrogens (tertiary/aromatic N) is 1. The van der Waals surface area contributed by atoms with Crippen molar-refractivity contribution in [3.05, 3.63) is 35.8 Å². The van der Waals surface area contributed by atoms with Crippen LogP contribution in [0, 0.1) is 0 Å². The number of ether oxygens (including phenoxy) is 1. The van der Waals surface area contributed by atoms with Gasteiger partial charge in [0.15, 0.2) is 4.34 Å². The maximum absolute atomic E-state index is 5.09. The molecule has 15 heavy (non-hydrogen) atoms. The predicted molar refractivity (Wildman–Crippen MR) is 66.8 cm³/mol. The Kier molecular flexibility index (Phi) is 3.94. The van der Waals surface area contributed by atoms with E-state index in [0.717, 1.165) is 10.1 Å². The standard InChI is InChI=1S/C10H9NOS3/c1-12-8-2-4-9(5-3-8)14-15-10-11-6-7-13-10/h2-7H,1H3. The van der Waals surface area contributed by atoms with Gasteiger partial charge in [-0.2, -0.15) is 0 Å². The Balaban J connectivity index is 1.93. The molecule has 0 radical (unpaired) electrons. The van der Waals surface area contributed by atoms with Crippen molar-refractivity contribution in [2.45, 2.75) is 9.24 Å². The summed E-state index contributed by atoms with van der Waals surface area (Å²) in [5.41, 5.74) is 0. The van der Waals surface area contributed by atoms with Crippen molar-refractivity contribution >= 4 is 32.9 Å². The Morgan fingerprint density at radius 3 is 2.60 bits per heavy atom. The smallest absolute Gasteiger partial charge is 0.160 e. The number of aromatic nitrogens is 1. The van der Waals surface area contributed by atoms with Crippen LogP contribution in [0.5, 0.6) is 5.75 Å². The fraction of sp³-hybridized carbons (Fsp3) is 0.100. The van der Waals surface area contributed by atoms with Crippen molar-refractivity contribution < 1.29 is 4.74 Å². The first-order valence-electron chi connectivity index (χ1n) is 4.26. The lowest BCUT2D eigenvalue weighted by Gasteiger charge is -2.00. The summed E-state index contributed by atoms with van der Waals surface area (Å²) in [5, 5.41) is 1.98. The summed E-state index contributed by atoms with van der Waals surface area (Å²) >= 11 is 1.66. The molecule has 0 spiro atoms. The molecule has 0 aliphatic rings. The minimum atomic E-state index is 0.888. The van der Waals surface area contributed by atoms with Crippen molar-refractivity contribution in [2.24, 2.45) is 0 Å². The second kappa shape index (κ2) is 5.44. The molecule has 78 valence electrons. The van der Waals surface area contributed by atoms with Gasteiger partial charge in [0.2, 0.25) is 0 Å². The van der Waals surface area contributed by atoms with Gasteiger partial charge in [-0.25, -0.2) is 4.98 Å². The summed E-state index contributed by atoms with van der Waals surface area (Å²) in [6.07, 6.45) is 1.82. The summed E-state index contributed by atoms with van der Waals surface area (Å²) < 4.78 is 6.17. The molecule has 0 saturated heterocycles. The molecule has 0 aliphatic heterocycles. The van der Waals surface area contributed by atoms with Crippen molar-refractivity contribution in [3.8, 4) is 5.75 Å². The fourth-order valence-electron chi connectivity index (χ4n) is 0.967. The molecule has 2 nitrogen and oxygen atoms in total. The van der Waals surface area contributed by atoms with E-state index in [1.165, 1.54) is 4.90 Å². The number of thiazole rings is 1. The lowest BCUT2D eigenvalue weighted by Crippen LogP contribution is -1.80. The molecule has 0 atom stereocenters. The zero-order chi connectivity index (χ0) is 10.5. The molecular weight excluding hydrogens is 246 g/mol. The number of benzene rings is 1. The molecular formula is C10H9NOS3. The Morgan fingerprint density at radius 1 is 1.20 bits per heavy atom. The highest BCUT2D eigenvalue weighted by Gasteiger charge is 1.99. The van der Waals surface area contributed by atoms with Crippen LogP contribution in [0.1, 0.15) is 0 Å². The second-order valence-electron chi connectivity index (χ2n) is 2.64. The third-order valence-corrected chi connectivity index (χ3v) is 5.20. The normalized spacial score (nSPS) is 10.2. The van der Waals surface area contributed by atoms with Crippen molar-refractivity contribution in [1.29, 1.82) is 0 Å². The lowest BCUT2D eigenvalue weighted by atomic mass is 10.3. The molecule has 0 fully saturated rings. The van der Waals surface area contributed by atoms with Gasteiger partial charge in [0.1, 0.15) is 5.75 Å². The van der Waals surface area contributed by atoms with Crippen LogP contribution < -0.4 is 4.74 Å². The highest BCUT2D eigenvalue weighted by atomic mass is 33.1. The zero-order valence-electron chi connectivity index (χ0n) is 8.04. The third kappa shape index (κ3) is 3.15. The molecule has 0 unspecified atom stereocenters. The van der Waals surface area contributed by atoms with Crippen LogP contribution in [0.4, 0.5) is 0 Å². The van der Waals surface area contributed by atoms with Gasteiger partial charge in [0.25, 0.3) is 0 Å². The highest BCUT2D eigenvalue weighted by Crippen LogP contribution is 2.38. The Hall–Kier alpha value is -0.650. The van der Waals surface area contributed by atoms with E-state index in [-0.39, 0.29) is 0 Å². The van der Waals surface area contributed by atoms with E-state index in [2.05, 4.69) is 4.98 Å². The molecule has 5 heteroatoms. The first-order chi connectivity index (χ1) is 7.38. The molecule has 2 aromatic rings. The van der Waals surface area contributed by atoms with E-state index in [1.807, 2.05) is 35.8 Å². The first-order valence-corrected chi connectivity index (χ1v) is 7.29. The minimum absolute atomic E-state index is 0.888. The first kappa shape index (κ1) is 10.9. The fourth-order valence-corrected chi connectivity index (χ4v) is 3.79. The molecule has 0 aliphatic carbocycles. The van der Waals surface area contributed by atoms with Crippen LogP contribution in [-0.4, -0.2) is 12.1 Å². The highest BCUT2D eigenvalue weighted by molar-refractivity contribution is 8.77. The van der Waals surface area contributed by atoms with Crippen LogP contribution in [0.25, 0.3) is 0 Å². The van der Waals surface area contributed by atoms with Gasteiger partial charge in [-0.05, 0) is 35.1 Å². The largest absolute Gasteiger partial charge is 0.497 e. The Morgan fingerprint density at radius 2 is 2.00 bits per heavy atom. The van der Waals surface area contributed by atoms with E-state index in [0.29, 0.717) is 0 Å².